The molecule has 16 heteroatoms. The van der Waals surface area contributed by atoms with Crippen LogP contribution >= 0.6 is 0 Å². The molecule has 0 bridgehead atoms. The van der Waals surface area contributed by atoms with E-state index in [2.05, 4.69) is 45.1 Å². The topological polar surface area (TPSA) is 188 Å². The number of fused-ring (bicyclic) bond motifs is 2. The lowest BCUT2D eigenvalue weighted by molar-refractivity contribution is 0.0517. The van der Waals surface area contributed by atoms with Crippen LogP contribution in [0.1, 0.15) is 71.1 Å². The van der Waals surface area contributed by atoms with Crippen LogP contribution in [0.3, 0.4) is 0 Å². The van der Waals surface area contributed by atoms with Crippen LogP contribution in [0.2, 0.25) is 0 Å². The summed E-state index contributed by atoms with van der Waals surface area (Å²) in [6.07, 6.45) is 0.959. The summed E-state index contributed by atoms with van der Waals surface area (Å²) in [5, 5.41) is 15.4. The minimum absolute atomic E-state index is 0.130. The highest BCUT2D eigenvalue weighted by atomic mass is 16.5. The molecule has 74 heavy (non-hydrogen) atoms. The molecule has 2 aliphatic heterocycles. The molecule has 10 rings (SSSR count). The third kappa shape index (κ3) is 10.0. The van der Waals surface area contributed by atoms with Crippen molar-refractivity contribution in [2.24, 2.45) is 5.73 Å². The highest BCUT2D eigenvalue weighted by Gasteiger charge is 2.37. The fourth-order valence-corrected chi connectivity index (χ4v) is 9.53. The van der Waals surface area contributed by atoms with E-state index >= 15 is 0 Å². The van der Waals surface area contributed by atoms with Crippen molar-refractivity contribution >= 4 is 35.1 Å². The average Bonchev–Trinajstić information content (AvgIpc) is 4.03. The SMILES string of the molecule is CCOC(=O)c1nn(-c2ccc(OC)cc2)c2c1CCN(c1ccc(-c3ccccc3CNC)cc1)C2=O.CNCc1ccccc1-c1ccc(N2CCc3c(C(N)=O)nn(-c4ccc(OC)cc4)c3C2=O)cc1. The van der Waals surface area contributed by atoms with Crippen molar-refractivity contribution in [3.63, 3.8) is 0 Å². The highest BCUT2D eigenvalue weighted by Crippen LogP contribution is 2.34. The quantitative estimate of drug-likeness (QED) is 0.0840. The molecule has 0 unspecified atom stereocenters. The molecular formula is C58H57N9O7. The van der Waals surface area contributed by atoms with Crippen LogP contribution in [0, 0.1) is 0 Å². The molecule has 0 fully saturated rings. The number of methoxy groups -OCH3 is 2. The number of rotatable bonds is 15. The Bertz CT molecular complexity index is 3330. The molecule has 6 aromatic carbocycles. The van der Waals surface area contributed by atoms with Gasteiger partial charge >= 0.3 is 5.97 Å². The van der Waals surface area contributed by atoms with Gasteiger partial charge in [0.15, 0.2) is 11.4 Å². The van der Waals surface area contributed by atoms with Gasteiger partial charge in [-0.1, -0.05) is 72.8 Å². The molecule has 2 aromatic heterocycles. The molecule has 0 atom stereocenters. The molecule has 16 nitrogen and oxygen atoms in total. The summed E-state index contributed by atoms with van der Waals surface area (Å²) in [5.74, 6) is -0.251. The van der Waals surface area contributed by atoms with E-state index in [4.69, 9.17) is 19.9 Å². The van der Waals surface area contributed by atoms with Crippen LogP contribution in [-0.2, 0) is 30.7 Å². The van der Waals surface area contributed by atoms with Gasteiger partial charge < -0.3 is 40.4 Å². The van der Waals surface area contributed by atoms with Crippen molar-refractivity contribution in [3.05, 3.63) is 191 Å². The first-order chi connectivity index (χ1) is 36.1. The molecule has 0 saturated heterocycles. The number of ether oxygens (including phenoxy) is 3. The van der Waals surface area contributed by atoms with Gasteiger partial charge in [-0.3, -0.25) is 14.4 Å². The van der Waals surface area contributed by atoms with Crippen LogP contribution < -0.4 is 35.6 Å². The largest absolute Gasteiger partial charge is 0.497 e. The summed E-state index contributed by atoms with van der Waals surface area (Å²) in [5.41, 5.74) is 17.6. The molecule has 4 N–H and O–H groups in total. The van der Waals surface area contributed by atoms with Gasteiger partial charge in [-0.25, -0.2) is 14.2 Å². The van der Waals surface area contributed by atoms with Crippen LogP contribution in [-0.4, -0.2) is 91.3 Å². The predicted octanol–water partition coefficient (Wildman–Crippen LogP) is 8.22. The summed E-state index contributed by atoms with van der Waals surface area (Å²) in [6, 6.07) is 46.9. The minimum atomic E-state index is -0.649. The van der Waals surface area contributed by atoms with Gasteiger partial charge in [-0.15, -0.1) is 0 Å². The normalized spacial score (nSPS) is 12.9. The number of hydrogen-bond donors (Lipinski definition) is 3. The van der Waals surface area contributed by atoms with Crippen molar-refractivity contribution in [1.82, 2.24) is 30.2 Å². The standard InChI is InChI=1S/C30H30N4O4.C28H27N5O3/c1-4-38-30(36)27-26-17-18-33(29(35)28(26)34(32-27)23-13-15-24(37-3)16-14-23)22-11-9-20(10-12-22)25-8-6-5-7-21(25)19-31-2;1-30-17-19-5-3-4-6-23(19)18-7-9-20(10-8-18)32-16-15-24-25(27(29)34)31-33(26(24)28(32)35)21-11-13-22(36-2)14-12-21/h5-16,31H,4,17-19H2,1-3H3;3-14,30H,15-17H2,1-2H3,(H2,29,34). The Hall–Kier alpha value is -8.86. The first kappa shape index (κ1) is 50.1. The fourth-order valence-electron chi connectivity index (χ4n) is 9.53. The van der Waals surface area contributed by atoms with Crippen molar-refractivity contribution in [2.45, 2.75) is 32.9 Å². The maximum atomic E-state index is 13.9. The molecule has 2 aliphatic rings. The molecule has 8 aromatic rings. The molecule has 0 saturated carbocycles. The lowest BCUT2D eigenvalue weighted by Gasteiger charge is -2.28. The van der Waals surface area contributed by atoms with E-state index in [0.717, 1.165) is 46.7 Å². The highest BCUT2D eigenvalue weighted by molar-refractivity contribution is 6.10. The van der Waals surface area contributed by atoms with Gasteiger partial charge in [0.05, 0.1) is 32.2 Å². The third-order valence-corrected chi connectivity index (χ3v) is 13.1. The number of nitrogens with one attached hydrogen (secondary N) is 2. The van der Waals surface area contributed by atoms with Gasteiger partial charge in [0.1, 0.15) is 22.9 Å². The number of carbonyl (C=O) groups is 4. The molecule has 0 radical (unpaired) electrons. The number of carbonyl (C=O) groups excluding carboxylic acids is 4. The third-order valence-electron chi connectivity index (χ3n) is 13.1. The van der Waals surface area contributed by atoms with Gasteiger partial charge in [0.25, 0.3) is 17.7 Å². The molecule has 0 spiro atoms. The van der Waals surface area contributed by atoms with E-state index in [1.54, 1.807) is 67.3 Å². The second kappa shape index (κ2) is 22.3. The van der Waals surface area contributed by atoms with E-state index in [1.165, 1.54) is 20.5 Å². The van der Waals surface area contributed by atoms with Gasteiger partial charge in [-0.2, -0.15) is 10.2 Å². The molecule has 0 aliphatic carbocycles. The molecule has 376 valence electrons. The van der Waals surface area contributed by atoms with Gasteiger partial charge in [0, 0.05) is 48.7 Å². The zero-order chi connectivity index (χ0) is 51.9. The Kier molecular flexibility index (Phi) is 15.1. The maximum Gasteiger partial charge on any atom is 0.359 e. The van der Waals surface area contributed by atoms with Crippen LogP contribution in [0.5, 0.6) is 11.5 Å². The summed E-state index contributed by atoms with van der Waals surface area (Å²) in [6.45, 7) is 4.37. The van der Waals surface area contributed by atoms with Gasteiger partial charge in [-0.05, 0) is 140 Å². The van der Waals surface area contributed by atoms with E-state index < -0.39 is 11.9 Å². The van der Waals surface area contributed by atoms with Crippen molar-refractivity contribution in [1.29, 1.82) is 0 Å². The number of benzene rings is 6. The number of aromatic nitrogens is 4. The van der Waals surface area contributed by atoms with E-state index in [0.29, 0.717) is 71.3 Å². The predicted molar refractivity (Wildman–Crippen MR) is 285 cm³/mol. The summed E-state index contributed by atoms with van der Waals surface area (Å²) < 4.78 is 18.8. The van der Waals surface area contributed by atoms with E-state index in [1.807, 2.05) is 99.0 Å². The monoisotopic (exact) mass is 991 g/mol. The smallest absolute Gasteiger partial charge is 0.359 e. The number of anilines is 2. The van der Waals surface area contributed by atoms with E-state index in [-0.39, 0.29) is 29.8 Å². The Balaban J connectivity index is 0.000000182. The summed E-state index contributed by atoms with van der Waals surface area (Å²) in [7, 11) is 7.04. The Labute approximate surface area is 429 Å². The maximum absolute atomic E-state index is 13.9. The number of primary amides is 1. The number of amides is 3. The second-order valence-electron chi connectivity index (χ2n) is 17.5. The second-order valence-corrected chi connectivity index (χ2v) is 17.5. The zero-order valence-corrected chi connectivity index (χ0v) is 41.9. The molecule has 3 amide bonds. The lowest BCUT2D eigenvalue weighted by Crippen LogP contribution is -2.39. The molecular weight excluding hydrogens is 935 g/mol. The minimum Gasteiger partial charge on any atom is -0.497 e. The average molecular weight is 992 g/mol. The number of hydrogen-bond acceptors (Lipinski definition) is 11. The Morgan fingerprint density at radius 2 is 0.946 bits per heavy atom. The van der Waals surface area contributed by atoms with Crippen molar-refractivity contribution in [2.75, 3.05) is 57.8 Å². The van der Waals surface area contributed by atoms with E-state index in [9.17, 15) is 19.2 Å². The van der Waals surface area contributed by atoms with Gasteiger partial charge in [0.2, 0.25) is 0 Å². The first-order valence-electron chi connectivity index (χ1n) is 24.4. The summed E-state index contributed by atoms with van der Waals surface area (Å²) in [4.78, 5) is 55.9. The summed E-state index contributed by atoms with van der Waals surface area (Å²) >= 11 is 0. The number of nitrogens with zero attached hydrogens (tertiary/aromatic N) is 6. The zero-order valence-electron chi connectivity index (χ0n) is 41.9. The lowest BCUT2D eigenvalue weighted by atomic mass is 9.98. The number of esters is 1. The first-order valence-corrected chi connectivity index (χ1v) is 24.4. The fraction of sp³-hybridized carbons (Fsp3) is 0.207. The molecule has 4 heterocycles. The van der Waals surface area contributed by atoms with Crippen molar-refractivity contribution in [3.8, 4) is 45.1 Å². The van der Waals surface area contributed by atoms with Crippen LogP contribution in [0.4, 0.5) is 11.4 Å². The Morgan fingerprint density at radius 3 is 1.34 bits per heavy atom. The number of nitrogens with two attached hydrogens (primary N) is 1. The Morgan fingerprint density at radius 1 is 0.554 bits per heavy atom. The van der Waals surface area contributed by atoms with Crippen LogP contribution in [0.15, 0.2) is 146 Å². The van der Waals surface area contributed by atoms with Crippen molar-refractivity contribution < 1.29 is 33.4 Å². The van der Waals surface area contributed by atoms with Crippen LogP contribution in [0.25, 0.3) is 33.6 Å².